The molecule has 0 amide bonds. The van der Waals surface area contributed by atoms with Crippen LogP contribution in [-0.2, 0) is 0 Å². The molecule has 5 heteroatoms. The van der Waals surface area contributed by atoms with Crippen LogP contribution in [0, 0.1) is 0 Å². The topological polar surface area (TPSA) is 21.3 Å². The molecule has 2 nitrogen and oxygen atoms in total. The Labute approximate surface area is 86.1 Å². The molecule has 0 unspecified atom stereocenters. The Morgan fingerprint density at radius 1 is 1.20 bits per heavy atom. The lowest BCUT2D eigenvalue weighted by Crippen LogP contribution is -2.17. The summed E-state index contributed by atoms with van der Waals surface area (Å²) in [5.41, 5.74) is 0.784. The summed E-state index contributed by atoms with van der Waals surface area (Å²) in [5, 5.41) is 3.05. The van der Waals surface area contributed by atoms with Crippen LogP contribution < -0.4 is 10.1 Å². The summed E-state index contributed by atoms with van der Waals surface area (Å²) in [6.45, 7) is 2.80. The van der Waals surface area contributed by atoms with Crippen molar-refractivity contribution in [1.82, 2.24) is 0 Å². The van der Waals surface area contributed by atoms with Gasteiger partial charge in [0.1, 0.15) is 5.75 Å². The zero-order valence-corrected chi connectivity index (χ0v) is 8.27. The summed E-state index contributed by atoms with van der Waals surface area (Å²) in [5.74, 6) is -0.204. The quantitative estimate of drug-likeness (QED) is 0.837. The summed E-state index contributed by atoms with van der Waals surface area (Å²) in [6, 6.07) is 5.67. The van der Waals surface area contributed by atoms with Crippen molar-refractivity contribution in [2.75, 3.05) is 11.9 Å². The number of anilines is 1. The fraction of sp³-hybridized carbons (Fsp3) is 0.400. The van der Waals surface area contributed by atoms with Crippen molar-refractivity contribution >= 4 is 5.69 Å². The highest BCUT2D eigenvalue weighted by Crippen LogP contribution is 2.23. The zero-order chi connectivity index (χ0) is 11.3. The van der Waals surface area contributed by atoms with Crippen molar-refractivity contribution in [3.63, 3.8) is 0 Å². The number of halogens is 3. The van der Waals surface area contributed by atoms with Crippen LogP contribution in [0.2, 0.25) is 0 Å². The van der Waals surface area contributed by atoms with Gasteiger partial charge in [0.05, 0.1) is 0 Å². The Kier molecular flexibility index (Phi) is 3.82. The Morgan fingerprint density at radius 2 is 1.80 bits per heavy atom. The number of hydrogen-bond acceptors (Lipinski definition) is 2. The Bertz CT molecular complexity index is 295. The smallest absolute Gasteiger partial charge is 0.406 e. The fourth-order valence-corrected chi connectivity index (χ4v) is 1.04. The van der Waals surface area contributed by atoms with Crippen LogP contribution in [0.25, 0.3) is 0 Å². The fourth-order valence-electron chi connectivity index (χ4n) is 1.04. The van der Waals surface area contributed by atoms with Crippen molar-refractivity contribution in [1.29, 1.82) is 0 Å². The van der Waals surface area contributed by atoms with E-state index in [2.05, 4.69) is 10.1 Å². The lowest BCUT2D eigenvalue weighted by atomic mass is 10.3. The molecule has 0 aromatic heterocycles. The van der Waals surface area contributed by atoms with Crippen LogP contribution in [-0.4, -0.2) is 12.9 Å². The number of ether oxygens (including phenoxy) is 1. The van der Waals surface area contributed by atoms with Crippen molar-refractivity contribution in [3.8, 4) is 5.75 Å². The maximum absolute atomic E-state index is 11.8. The third-order valence-corrected chi connectivity index (χ3v) is 1.67. The first-order chi connectivity index (χ1) is 7.01. The number of alkyl halides is 3. The molecule has 1 N–H and O–H groups in total. The first-order valence-electron chi connectivity index (χ1n) is 4.61. The van der Waals surface area contributed by atoms with Crippen molar-refractivity contribution in [2.24, 2.45) is 0 Å². The maximum Gasteiger partial charge on any atom is 0.573 e. The van der Waals surface area contributed by atoms with Crippen molar-refractivity contribution in [2.45, 2.75) is 19.7 Å². The molecule has 0 spiro atoms. The predicted molar refractivity (Wildman–Crippen MR) is 51.9 cm³/mol. The van der Waals surface area contributed by atoms with E-state index in [1.807, 2.05) is 6.92 Å². The van der Waals surface area contributed by atoms with Gasteiger partial charge in [-0.15, -0.1) is 13.2 Å². The van der Waals surface area contributed by atoms with Gasteiger partial charge in [-0.1, -0.05) is 6.92 Å². The maximum atomic E-state index is 11.8. The summed E-state index contributed by atoms with van der Waals surface area (Å²) in [7, 11) is 0. The largest absolute Gasteiger partial charge is 0.573 e. The highest BCUT2D eigenvalue weighted by Gasteiger charge is 2.30. The highest BCUT2D eigenvalue weighted by molar-refractivity contribution is 5.46. The average molecular weight is 219 g/mol. The molecule has 15 heavy (non-hydrogen) atoms. The van der Waals surface area contributed by atoms with E-state index in [9.17, 15) is 13.2 Å². The highest BCUT2D eigenvalue weighted by atomic mass is 19.4. The first-order valence-corrected chi connectivity index (χ1v) is 4.61. The molecule has 0 aliphatic carbocycles. The second-order valence-corrected chi connectivity index (χ2v) is 3.00. The summed E-state index contributed by atoms with van der Waals surface area (Å²) in [4.78, 5) is 0. The van der Waals surface area contributed by atoms with Crippen LogP contribution >= 0.6 is 0 Å². The van der Waals surface area contributed by atoms with E-state index in [4.69, 9.17) is 0 Å². The van der Waals surface area contributed by atoms with Gasteiger partial charge >= 0.3 is 6.36 Å². The average Bonchev–Trinajstić information content (AvgIpc) is 2.14. The molecular weight excluding hydrogens is 207 g/mol. The number of nitrogens with one attached hydrogen (secondary N) is 1. The number of rotatable bonds is 4. The summed E-state index contributed by atoms with van der Waals surface area (Å²) >= 11 is 0. The van der Waals surface area contributed by atoms with Gasteiger partial charge in [0.2, 0.25) is 0 Å². The lowest BCUT2D eigenvalue weighted by molar-refractivity contribution is -0.274. The first kappa shape index (κ1) is 11.7. The Hall–Kier alpha value is -1.39. The minimum atomic E-state index is -4.63. The van der Waals surface area contributed by atoms with E-state index in [1.165, 1.54) is 12.1 Å². The van der Waals surface area contributed by atoms with E-state index in [1.54, 1.807) is 12.1 Å². The number of benzene rings is 1. The second kappa shape index (κ2) is 4.91. The minimum absolute atomic E-state index is 0.204. The van der Waals surface area contributed by atoms with Crippen LogP contribution in [0.3, 0.4) is 0 Å². The van der Waals surface area contributed by atoms with Crippen LogP contribution in [0.5, 0.6) is 5.75 Å². The van der Waals surface area contributed by atoms with Crippen LogP contribution in [0.4, 0.5) is 18.9 Å². The zero-order valence-electron chi connectivity index (χ0n) is 8.27. The lowest BCUT2D eigenvalue weighted by Gasteiger charge is -2.09. The molecular formula is C10H12F3NO. The molecule has 0 fully saturated rings. The second-order valence-electron chi connectivity index (χ2n) is 3.00. The molecule has 0 aliphatic rings. The molecule has 0 bridgehead atoms. The van der Waals surface area contributed by atoms with Gasteiger partial charge in [-0.3, -0.25) is 0 Å². The molecule has 0 saturated carbocycles. The van der Waals surface area contributed by atoms with E-state index < -0.39 is 6.36 Å². The van der Waals surface area contributed by atoms with Gasteiger partial charge in [-0.2, -0.15) is 0 Å². The van der Waals surface area contributed by atoms with Crippen LogP contribution in [0.1, 0.15) is 13.3 Å². The van der Waals surface area contributed by atoms with Gasteiger partial charge in [0.25, 0.3) is 0 Å². The molecule has 0 saturated heterocycles. The van der Waals surface area contributed by atoms with E-state index >= 15 is 0 Å². The minimum Gasteiger partial charge on any atom is -0.406 e. The Morgan fingerprint density at radius 3 is 2.27 bits per heavy atom. The molecule has 0 heterocycles. The molecule has 1 rings (SSSR count). The predicted octanol–water partition coefficient (Wildman–Crippen LogP) is 3.41. The molecule has 0 atom stereocenters. The molecule has 1 aromatic rings. The SMILES string of the molecule is CCCNc1ccc(OC(F)(F)F)cc1. The third kappa shape index (κ3) is 4.58. The third-order valence-electron chi connectivity index (χ3n) is 1.67. The molecule has 0 radical (unpaired) electrons. The van der Waals surface area contributed by atoms with E-state index in [0.29, 0.717) is 0 Å². The van der Waals surface area contributed by atoms with Gasteiger partial charge in [0.15, 0.2) is 0 Å². The van der Waals surface area contributed by atoms with Crippen molar-refractivity contribution < 1.29 is 17.9 Å². The Balaban J connectivity index is 2.56. The van der Waals surface area contributed by atoms with Gasteiger partial charge < -0.3 is 10.1 Å². The molecule has 1 aromatic carbocycles. The van der Waals surface area contributed by atoms with Gasteiger partial charge in [-0.25, -0.2) is 0 Å². The summed E-state index contributed by atoms with van der Waals surface area (Å²) < 4.78 is 39.2. The monoisotopic (exact) mass is 219 g/mol. The van der Waals surface area contributed by atoms with Crippen molar-refractivity contribution in [3.05, 3.63) is 24.3 Å². The van der Waals surface area contributed by atoms with Crippen LogP contribution in [0.15, 0.2) is 24.3 Å². The van der Waals surface area contributed by atoms with E-state index in [-0.39, 0.29) is 5.75 Å². The van der Waals surface area contributed by atoms with Gasteiger partial charge in [-0.05, 0) is 30.7 Å². The molecule has 84 valence electrons. The summed E-state index contributed by atoms with van der Waals surface area (Å²) in [6.07, 6.45) is -3.67. The normalized spacial score (nSPS) is 11.2. The standard InChI is InChI=1S/C10H12F3NO/c1-2-7-14-8-3-5-9(6-4-8)15-10(11,12)13/h3-6,14H,2,7H2,1H3. The molecule has 0 aliphatic heterocycles. The van der Waals surface area contributed by atoms with Gasteiger partial charge in [0, 0.05) is 12.2 Å². The van der Waals surface area contributed by atoms with E-state index in [0.717, 1.165) is 18.7 Å². The number of hydrogen-bond donors (Lipinski definition) is 1.